The molecule has 1 atom stereocenters. The van der Waals surface area contributed by atoms with E-state index in [9.17, 15) is 14.4 Å². The van der Waals surface area contributed by atoms with Gasteiger partial charge in [-0.3, -0.25) is 9.59 Å². The summed E-state index contributed by atoms with van der Waals surface area (Å²) in [6.45, 7) is 0. The van der Waals surface area contributed by atoms with Gasteiger partial charge in [-0.25, -0.2) is 9.48 Å². The molecule has 1 aliphatic rings. The molecule has 3 N–H and O–H groups in total. The monoisotopic (exact) mass is 315 g/mol. The number of tetrazole rings is 1. The van der Waals surface area contributed by atoms with Gasteiger partial charge in [0.05, 0.1) is 18.2 Å². The first-order valence-corrected chi connectivity index (χ1v) is 7.10. The van der Waals surface area contributed by atoms with Crippen molar-refractivity contribution in [1.82, 2.24) is 25.5 Å². The van der Waals surface area contributed by atoms with Crippen molar-refractivity contribution in [3.8, 4) is 0 Å². The van der Waals surface area contributed by atoms with E-state index >= 15 is 0 Å². The summed E-state index contributed by atoms with van der Waals surface area (Å²) in [5.74, 6) is -3.36. The third-order valence-electron chi connectivity index (χ3n) is 2.70. The fourth-order valence-corrected chi connectivity index (χ4v) is 2.33. The number of hydrogen-bond donors (Lipinski definition) is 3. The maximum atomic E-state index is 11.7. The van der Waals surface area contributed by atoms with Crippen LogP contribution in [0.3, 0.4) is 0 Å². The second-order valence-corrected chi connectivity index (χ2v) is 5.42. The van der Waals surface area contributed by atoms with E-state index in [0.29, 0.717) is 5.16 Å². The molecular weight excluding hydrogens is 302 g/mol. The fraction of sp³-hybridized carbons (Fsp3) is 0.600. The van der Waals surface area contributed by atoms with E-state index in [-0.39, 0.29) is 11.8 Å². The van der Waals surface area contributed by atoms with Crippen molar-refractivity contribution in [3.63, 3.8) is 0 Å². The van der Waals surface area contributed by atoms with Crippen LogP contribution < -0.4 is 5.32 Å². The third-order valence-corrected chi connectivity index (χ3v) is 3.63. The van der Waals surface area contributed by atoms with E-state index in [1.165, 1.54) is 0 Å². The highest BCUT2D eigenvalue weighted by molar-refractivity contribution is 7.99. The number of hydrogen-bond acceptors (Lipinski definition) is 7. The van der Waals surface area contributed by atoms with Gasteiger partial charge in [-0.05, 0) is 23.3 Å². The molecule has 0 unspecified atom stereocenters. The second kappa shape index (κ2) is 6.52. The number of carbonyl (C=O) groups is 3. The van der Waals surface area contributed by atoms with Crippen LogP contribution in [0.1, 0.15) is 25.3 Å². The maximum Gasteiger partial charge on any atom is 0.326 e. The normalized spacial score (nSPS) is 15.4. The zero-order valence-electron chi connectivity index (χ0n) is 10.8. The van der Waals surface area contributed by atoms with Crippen LogP contribution >= 0.6 is 11.8 Å². The van der Waals surface area contributed by atoms with Crippen molar-refractivity contribution < 1.29 is 24.6 Å². The molecule has 1 aromatic heterocycles. The van der Waals surface area contributed by atoms with Crippen LogP contribution in [0.4, 0.5) is 0 Å². The Hall–Kier alpha value is -2.17. The summed E-state index contributed by atoms with van der Waals surface area (Å²) >= 11 is 1.08. The lowest BCUT2D eigenvalue weighted by Crippen LogP contribution is -2.43. The number of nitrogens with one attached hydrogen (secondary N) is 1. The minimum absolute atomic E-state index is 0.0868. The highest BCUT2D eigenvalue weighted by Gasteiger charge is 2.28. The van der Waals surface area contributed by atoms with Crippen molar-refractivity contribution in [3.05, 3.63) is 0 Å². The van der Waals surface area contributed by atoms with Gasteiger partial charge in [-0.2, -0.15) is 0 Å². The van der Waals surface area contributed by atoms with Crippen molar-refractivity contribution in [1.29, 1.82) is 0 Å². The summed E-state index contributed by atoms with van der Waals surface area (Å²) < 4.78 is 1.63. The predicted octanol–water partition coefficient (Wildman–Crippen LogP) is -0.856. The summed E-state index contributed by atoms with van der Waals surface area (Å²) in [5, 5.41) is 31.2. The van der Waals surface area contributed by atoms with Crippen LogP contribution in [0.2, 0.25) is 0 Å². The van der Waals surface area contributed by atoms with Gasteiger partial charge < -0.3 is 15.5 Å². The minimum atomic E-state index is -1.45. The molecule has 0 aromatic carbocycles. The summed E-state index contributed by atoms with van der Waals surface area (Å²) in [6, 6.07) is -1.18. The molecule has 1 aliphatic carbocycles. The fourth-order valence-electron chi connectivity index (χ4n) is 1.57. The van der Waals surface area contributed by atoms with Crippen LogP contribution in [-0.4, -0.2) is 60.1 Å². The van der Waals surface area contributed by atoms with Gasteiger partial charge in [0, 0.05) is 0 Å². The Kier molecular flexibility index (Phi) is 4.73. The van der Waals surface area contributed by atoms with Crippen molar-refractivity contribution in [2.24, 2.45) is 0 Å². The topological polar surface area (TPSA) is 147 Å². The zero-order valence-corrected chi connectivity index (χ0v) is 11.6. The second-order valence-electron chi connectivity index (χ2n) is 4.48. The van der Waals surface area contributed by atoms with Gasteiger partial charge in [0.2, 0.25) is 11.1 Å². The SMILES string of the molecule is O=C(O)C[C@@H](NC(=O)CSc1nnnn1C1CC1)C(=O)O. The Bertz CT molecular complexity index is 558. The molecule has 1 saturated carbocycles. The third kappa shape index (κ3) is 4.41. The molecule has 0 saturated heterocycles. The summed E-state index contributed by atoms with van der Waals surface area (Å²) in [6.07, 6.45) is 1.31. The number of carbonyl (C=O) groups excluding carboxylic acids is 1. The van der Waals surface area contributed by atoms with Crippen molar-refractivity contribution in [2.75, 3.05) is 5.75 Å². The molecule has 0 bridgehead atoms. The van der Waals surface area contributed by atoms with Crippen LogP contribution in [0.5, 0.6) is 0 Å². The first-order valence-electron chi connectivity index (χ1n) is 6.12. The molecule has 1 fully saturated rings. The highest BCUT2D eigenvalue weighted by Crippen LogP contribution is 2.36. The Morgan fingerprint density at radius 1 is 1.38 bits per heavy atom. The lowest BCUT2D eigenvalue weighted by molar-refractivity contribution is -0.147. The highest BCUT2D eigenvalue weighted by atomic mass is 32.2. The first kappa shape index (κ1) is 15.2. The van der Waals surface area contributed by atoms with Gasteiger partial charge in [-0.1, -0.05) is 11.8 Å². The lowest BCUT2D eigenvalue weighted by atomic mass is 10.2. The van der Waals surface area contributed by atoms with Crippen LogP contribution in [0.25, 0.3) is 0 Å². The van der Waals surface area contributed by atoms with E-state index in [4.69, 9.17) is 10.2 Å². The number of aromatic nitrogens is 4. The number of carboxylic acids is 2. The molecule has 1 aromatic rings. The molecular formula is C10H13N5O5S. The van der Waals surface area contributed by atoms with Gasteiger partial charge in [0.25, 0.3) is 0 Å². The Labute approximate surface area is 122 Å². The van der Waals surface area contributed by atoms with Crippen molar-refractivity contribution >= 4 is 29.6 Å². The summed E-state index contributed by atoms with van der Waals surface area (Å²) in [5.41, 5.74) is 0. The van der Waals surface area contributed by atoms with Crippen LogP contribution in [-0.2, 0) is 14.4 Å². The average Bonchev–Trinajstić information content (AvgIpc) is 3.14. The maximum absolute atomic E-state index is 11.7. The number of nitrogens with zero attached hydrogens (tertiary/aromatic N) is 4. The van der Waals surface area contributed by atoms with Gasteiger partial charge in [0.1, 0.15) is 6.04 Å². The number of aliphatic carboxylic acids is 2. The lowest BCUT2D eigenvalue weighted by Gasteiger charge is -2.11. The number of thioether (sulfide) groups is 1. The van der Waals surface area contributed by atoms with E-state index in [2.05, 4.69) is 20.8 Å². The Morgan fingerprint density at radius 2 is 2.10 bits per heavy atom. The molecule has 21 heavy (non-hydrogen) atoms. The van der Waals surface area contributed by atoms with E-state index in [1.807, 2.05) is 0 Å². The van der Waals surface area contributed by atoms with Crippen LogP contribution in [0.15, 0.2) is 5.16 Å². The van der Waals surface area contributed by atoms with E-state index < -0.39 is 30.3 Å². The number of amides is 1. The zero-order chi connectivity index (χ0) is 15.4. The molecule has 0 aliphatic heterocycles. The smallest absolute Gasteiger partial charge is 0.326 e. The van der Waals surface area contributed by atoms with Gasteiger partial charge in [-0.15, -0.1) is 5.10 Å². The molecule has 0 spiro atoms. The quantitative estimate of drug-likeness (QED) is 0.521. The molecule has 10 nitrogen and oxygen atoms in total. The number of rotatable bonds is 8. The minimum Gasteiger partial charge on any atom is -0.481 e. The van der Waals surface area contributed by atoms with Gasteiger partial charge in [0.15, 0.2) is 0 Å². The molecule has 114 valence electrons. The first-order chi connectivity index (χ1) is 9.97. The molecule has 2 rings (SSSR count). The predicted molar refractivity (Wildman–Crippen MR) is 68.6 cm³/mol. The molecule has 0 radical (unpaired) electrons. The molecule has 11 heteroatoms. The summed E-state index contributed by atoms with van der Waals surface area (Å²) in [4.78, 5) is 33.0. The molecule has 1 amide bonds. The summed E-state index contributed by atoms with van der Waals surface area (Å²) in [7, 11) is 0. The standard InChI is InChI=1S/C10H13N5O5S/c16-7(11-6(9(19)20)3-8(17)18)4-21-10-12-13-14-15(10)5-1-2-5/h5-6H,1-4H2,(H,11,16)(H,17,18)(H,19,20)/t6-/m1/s1. The Morgan fingerprint density at radius 3 is 2.67 bits per heavy atom. The number of carboxylic acid groups (broad SMARTS) is 2. The van der Waals surface area contributed by atoms with Gasteiger partial charge >= 0.3 is 11.9 Å². The average molecular weight is 315 g/mol. The largest absolute Gasteiger partial charge is 0.481 e. The van der Waals surface area contributed by atoms with Crippen molar-refractivity contribution in [2.45, 2.75) is 36.5 Å². The van der Waals surface area contributed by atoms with E-state index in [0.717, 1.165) is 24.6 Å². The Balaban J connectivity index is 1.84. The van der Waals surface area contributed by atoms with Crippen LogP contribution in [0, 0.1) is 0 Å². The van der Waals surface area contributed by atoms with E-state index in [1.54, 1.807) is 4.68 Å². The molecule has 1 heterocycles.